The fraction of sp³-hybridized carbons (Fsp3) is 0.286. The van der Waals surface area contributed by atoms with Crippen molar-refractivity contribution in [1.29, 1.82) is 0 Å². The number of benzene rings is 1. The quantitative estimate of drug-likeness (QED) is 0.719. The van der Waals surface area contributed by atoms with Gasteiger partial charge in [-0.2, -0.15) is 0 Å². The lowest BCUT2D eigenvalue weighted by molar-refractivity contribution is 0.926. The van der Waals surface area contributed by atoms with Crippen molar-refractivity contribution in [2.45, 2.75) is 19.8 Å². The molecular formula is C14H15BrIN3. The summed E-state index contributed by atoms with van der Waals surface area (Å²) in [4.78, 5) is 8.99. The van der Waals surface area contributed by atoms with E-state index < -0.39 is 0 Å². The molecule has 1 aromatic heterocycles. The van der Waals surface area contributed by atoms with E-state index in [1.54, 1.807) is 0 Å². The van der Waals surface area contributed by atoms with Crippen LogP contribution in [0, 0.1) is 3.57 Å². The van der Waals surface area contributed by atoms with Crippen molar-refractivity contribution in [1.82, 2.24) is 9.97 Å². The molecule has 19 heavy (non-hydrogen) atoms. The molecule has 0 saturated heterocycles. The molecule has 0 aliphatic heterocycles. The Morgan fingerprint density at radius 2 is 2.21 bits per heavy atom. The first-order chi connectivity index (χ1) is 9.19. The molecule has 0 radical (unpaired) electrons. The summed E-state index contributed by atoms with van der Waals surface area (Å²) in [7, 11) is 0. The summed E-state index contributed by atoms with van der Waals surface area (Å²) < 4.78 is 2.14. The number of nitrogens with one attached hydrogen (secondary N) is 1. The molecule has 1 heterocycles. The van der Waals surface area contributed by atoms with Crippen molar-refractivity contribution < 1.29 is 0 Å². The van der Waals surface area contributed by atoms with Crippen LogP contribution >= 0.6 is 38.5 Å². The fourth-order valence-corrected chi connectivity index (χ4v) is 2.58. The van der Waals surface area contributed by atoms with Gasteiger partial charge in [-0.3, -0.25) is 0 Å². The van der Waals surface area contributed by atoms with Crippen LogP contribution in [0.2, 0.25) is 0 Å². The Bertz CT molecular complexity index is 560. The van der Waals surface area contributed by atoms with Crippen molar-refractivity contribution in [2.24, 2.45) is 0 Å². The van der Waals surface area contributed by atoms with Gasteiger partial charge in [-0.05, 0) is 46.7 Å². The first-order valence-corrected chi connectivity index (χ1v) is 8.06. The Hall–Kier alpha value is -0.690. The first kappa shape index (κ1) is 14.7. The van der Waals surface area contributed by atoms with Gasteiger partial charge in [-0.25, -0.2) is 9.97 Å². The summed E-state index contributed by atoms with van der Waals surface area (Å²) in [6, 6.07) is 8.24. The number of aromatic nitrogens is 2. The number of anilines is 1. The molecule has 0 saturated carbocycles. The topological polar surface area (TPSA) is 37.8 Å². The number of halogens is 2. The smallest absolute Gasteiger partial charge is 0.143 e. The first-order valence-electron chi connectivity index (χ1n) is 6.18. The molecule has 2 aromatic rings. The minimum atomic E-state index is 0.747. The lowest BCUT2D eigenvalue weighted by Gasteiger charge is -2.08. The molecule has 5 heteroatoms. The van der Waals surface area contributed by atoms with Crippen molar-refractivity contribution >= 4 is 44.3 Å². The Morgan fingerprint density at radius 1 is 1.37 bits per heavy atom. The second kappa shape index (κ2) is 7.19. The largest absolute Gasteiger partial charge is 0.369 e. The molecule has 1 N–H and O–H groups in total. The minimum Gasteiger partial charge on any atom is -0.369 e. The molecule has 1 aromatic carbocycles. The second-order valence-corrected chi connectivity index (χ2v) is 6.29. The predicted octanol–water partition coefficient (Wildman–Crippen LogP) is 4.26. The van der Waals surface area contributed by atoms with Gasteiger partial charge in [0.2, 0.25) is 0 Å². The SMILES string of the molecule is CCCNc1nc(Cc2cccc(Br)c2)ncc1I. The van der Waals surface area contributed by atoms with Crippen molar-refractivity contribution in [3.63, 3.8) is 0 Å². The van der Waals surface area contributed by atoms with E-state index >= 15 is 0 Å². The average molecular weight is 432 g/mol. The highest BCUT2D eigenvalue weighted by Crippen LogP contribution is 2.17. The summed E-state index contributed by atoms with van der Waals surface area (Å²) >= 11 is 5.74. The number of hydrogen-bond acceptors (Lipinski definition) is 3. The van der Waals surface area contributed by atoms with Crippen molar-refractivity contribution in [2.75, 3.05) is 11.9 Å². The number of rotatable bonds is 5. The van der Waals surface area contributed by atoms with Crippen LogP contribution in [0.15, 0.2) is 34.9 Å². The third kappa shape index (κ3) is 4.42. The van der Waals surface area contributed by atoms with Crippen LogP contribution < -0.4 is 5.32 Å². The zero-order valence-electron chi connectivity index (χ0n) is 10.7. The van der Waals surface area contributed by atoms with Gasteiger partial charge in [0.05, 0.1) is 3.57 Å². The second-order valence-electron chi connectivity index (χ2n) is 4.22. The maximum atomic E-state index is 4.59. The van der Waals surface area contributed by atoms with E-state index in [4.69, 9.17) is 0 Å². The van der Waals surface area contributed by atoms with Crippen LogP contribution in [0.3, 0.4) is 0 Å². The maximum absolute atomic E-state index is 4.59. The number of hydrogen-bond donors (Lipinski definition) is 1. The molecule has 0 atom stereocenters. The van der Waals surface area contributed by atoms with Gasteiger partial charge in [0, 0.05) is 23.6 Å². The Morgan fingerprint density at radius 3 is 2.95 bits per heavy atom. The van der Waals surface area contributed by atoms with E-state index in [9.17, 15) is 0 Å². The summed E-state index contributed by atoms with van der Waals surface area (Å²) in [6.45, 7) is 3.08. The van der Waals surface area contributed by atoms with Gasteiger partial charge in [0.25, 0.3) is 0 Å². The lowest BCUT2D eigenvalue weighted by Crippen LogP contribution is -2.07. The molecule has 0 fully saturated rings. The lowest BCUT2D eigenvalue weighted by atomic mass is 10.1. The molecule has 0 bridgehead atoms. The van der Waals surface area contributed by atoms with Gasteiger partial charge >= 0.3 is 0 Å². The van der Waals surface area contributed by atoms with Crippen LogP contribution in [-0.4, -0.2) is 16.5 Å². The maximum Gasteiger partial charge on any atom is 0.143 e. The van der Waals surface area contributed by atoms with Gasteiger partial charge in [0.1, 0.15) is 11.6 Å². The molecule has 100 valence electrons. The molecule has 3 nitrogen and oxygen atoms in total. The van der Waals surface area contributed by atoms with Crippen molar-refractivity contribution in [3.05, 3.63) is 49.9 Å². The highest BCUT2D eigenvalue weighted by molar-refractivity contribution is 14.1. The summed E-state index contributed by atoms with van der Waals surface area (Å²) in [5, 5.41) is 3.33. The molecule has 2 rings (SSSR count). The van der Waals surface area contributed by atoms with E-state index in [-0.39, 0.29) is 0 Å². The molecule has 0 aliphatic carbocycles. The van der Waals surface area contributed by atoms with Gasteiger partial charge in [-0.1, -0.05) is 35.0 Å². The molecular weight excluding hydrogens is 417 g/mol. The minimum absolute atomic E-state index is 0.747. The zero-order valence-corrected chi connectivity index (χ0v) is 14.4. The molecule has 0 amide bonds. The zero-order chi connectivity index (χ0) is 13.7. The third-order valence-corrected chi connectivity index (χ3v) is 3.87. The normalized spacial score (nSPS) is 10.5. The van der Waals surface area contributed by atoms with E-state index in [0.717, 1.165) is 39.1 Å². The van der Waals surface area contributed by atoms with Crippen LogP contribution in [0.25, 0.3) is 0 Å². The van der Waals surface area contributed by atoms with E-state index in [2.05, 4.69) is 72.9 Å². The van der Waals surface area contributed by atoms with E-state index in [1.807, 2.05) is 18.3 Å². The Labute approximate surface area is 135 Å². The molecule has 0 unspecified atom stereocenters. The van der Waals surface area contributed by atoms with Gasteiger partial charge in [-0.15, -0.1) is 0 Å². The monoisotopic (exact) mass is 431 g/mol. The highest BCUT2D eigenvalue weighted by atomic mass is 127. The van der Waals surface area contributed by atoms with Crippen LogP contribution in [0.1, 0.15) is 24.7 Å². The summed E-state index contributed by atoms with van der Waals surface area (Å²) in [6.07, 6.45) is 3.71. The Balaban J connectivity index is 2.16. The van der Waals surface area contributed by atoms with E-state index in [1.165, 1.54) is 5.56 Å². The van der Waals surface area contributed by atoms with E-state index in [0.29, 0.717) is 0 Å². The third-order valence-electron chi connectivity index (χ3n) is 2.59. The fourth-order valence-electron chi connectivity index (χ4n) is 1.69. The average Bonchev–Trinajstić information content (AvgIpc) is 2.39. The van der Waals surface area contributed by atoms with Crippen LogP contribution in [-0.2, 0) is 6.42 Å². The molecule has 0 spiro atoms. The van der Waals surface area contributed by atoms with Gasteiger partial charge in [0.15, 0.2) is 0 Å². The van der Waals surface area contributed by atoms with Crippen LogP contribution in [0.5, 0.6) is 0 Å². The van der Waals surface area contributed by atoms with Crippen molar-refractivity contribution in [3.8, 4) is 0 Å². The molecule has 0 aliphatic rings. The Kier molecular flexibility index (Phi) is 5.57. The highest BCUT2D eigenvalue weighted by Gasteiger charge is 2.05. The number of nitrogens with zero attached hydrogens (tertiary/aromatic N) is 2. The standard InChI is InChI=1S/C14H15BrIN3/c1-2-6-17-14-12(16)9-18-13(19-14)8-10-4-3-5-11(15)7-10/h3-5,7,9H,2,6,8H2,1H3,(H,17,18,19). The predicted molar refractivity (Wildman–Crippen MR) is 90.5 cm³/mol. The van der Waals surface area contributed by atoms with Crippen LogP contribution in [0.4, 0.5) is 5.82 Å². The summed E-state index contributed by atoms with van der Waals surface area (Å²) in [5.74, 6) is 1.78. The summed E-state index contributed by atoms with van der Waals surface area (Å²) in [5.41, 5.74) is 1.21. The van der Waals surface area contributed by atoms with Gasteiger partial charge < -0.3 is 5.32 Å².